The third-order valence-corrected chi connectivity index (χ3v) is 4.26. The maximum Gasteiger partial charge on any atom is 0.243 e. The number of rotatable bonds is 7. The van der Waals surface area contributed by atoms with Gasteiger partial charge in [-0.15, -0.1) is 0 Å². The molecule has 1 unspecified atom stereocenters. The van der Waals surface area contributed by atoms with Crippen molar-refractivity contribution in [2.24, 2.45) is 0 Å². The van der Waals surface area contributed by atoms with Crippen molar-refractivity contribution in [1.82, 2.24) is 5.48 Å². The quantitative estimate of drug-likeness (QED) is 0.342. The first kappa shape index (κ1) is 17.2. The molecule has 0 saturated carbocycles. The van der Waals surface area contributed by atoms with Gasteiger partial charge in [0, 0.05) is 17.4 Å². The number of benzene rings is 2. The van der Waals surface area contributed by atoms with Gasteiger partial charge in [0.05, 0.1) is 6.10 Å². The fourth-order valence-corrected chi connectivity index (χ4v) is 2.84. The van der Waals surface area contributed by atoms with Crippen LogP contribution in [-0.2, 0) is 4.79 Å². The van der Waals surface area contributed by atoms with Gasteiger partial charge in [-0.25, -0.2) is 5.48 Å². The highest BCUT2D eigenvalue weighted by atomic mass is 16.5. The zero-order chi connectivity index (χ0) is 17.6. The predicted molar refractivity (Wildman–Crippen MR) is 95.0 cm³/mol. The maximum absolute atomic E-state index is 10.9. The number of hydroxylamine groups is 1. The van der Waals surface area contributed by atoms with Gasteiger partial charge in [-0.05, 0) is 30.5 Å². The van der Waals surface area contributed by atoms with Gasteiger partial charge in [-0.3, -0.25) is 10.0 Å². The Labute approximate surface area is 145 Å². The van der Waals surface area contributed by atoms with Crippen molar-refractivity contribution in [2.75, 3.05) is 0 Å². The number of aliphatic hydroxyl groups excluding tert-OH is 1. The van der Waals surface area contributed by atoms with E-state index in [4.69, 9.17) is 9.62 Å². The molecule has 0 saturated heterocycles. The smallest absolute Gasteiger partial charge is 0.243 e. The molecule has 1 heterocycles. The van der Waals surface area contributed by atoms with Crippen molar-refractivity contribution >= 4 is 16.9 Å². The van der Waals surface area contributed by atoms with Crippen molar-refractivity contribution in [3.05, 3.63) is 60.2 Å². The topological polar surface area (TPSA) is 82.7 Å². The minimum Gasteiger partial charge on any atom is -0.456 e. The van der Waals surface area contributed by atoms with Gasteiger partial charge in [0.25, 0.3) is 0 Å². The number of aliphatic hydroxyl groups is 1. The summed E-state index contributed by atoms with van der Waals surface area (Å²) in [5, 5.41) is 19.7. The number of carbonyl (C=O) groups is 1. The molecule has 3 N–H and O–H groups in total. The molecule has 25 heavy (non-hydrogen) atoms. The molecule has 5 heteroatoms. The van der Waals surface area contributed by atoms with Crippen LogP contribution in [0, 0.1) is 0 Å². The van der Waals surface area contributed by atoms with Crippen molar-refractivity contribution < 1.29 is 19.5 Å². The van der Waals surface area contributed by atoms with Crippen LogP contribution in [0.25, 0.3) is 22.3 Å². The molecular weight excluding hydrogens is 318 g/mol. The van der Waals surface area contributed by atoms with Gasteiger partial charge in [0.2, 0.25) is 5.91 Å². The Morgan fingerprint density at radius 1 is 1.08 bits per heavy atom. The number of fused-ring (bicyclic) bond motifs is 1. The molecule has 1 aromatic heterocycles. The number of unbranched alkanes of at least 4 members (excludes halogenated alkanes) is 1. The molecule has 0 bridgehead atoms. The number of carbonyl (C=O) groups excluding carboxylic acids is 1. The summed E-state index contributed by atoms with van der Waals surface area (Å²) in [5.74, 6) is 0.405. The fourth-order valence-electron chi connectivity index (χ4n) is 2.84. The van der Waals surface area contributed by atoms with Crippen molar-refractivity contribution in [3.63, 3.8) is 0 Å². The molecule has 1 amide bonds. The number of hydrogen-bond donors (Lipinski definition) is 3. The van der Waals surface area contributed by atoms with Gasteiger partial charge < -0.3 is 9.52 Å². The van der Waals surface area contributed by atoms with Crippen molar-refractivity contribution in [2.45, 2.75) is 31.8 Å². The van der Waals surface area contributed by atoms with Crippen molar-refractivity contribution in [3.8, 4) is 11.3 Å². The lowest BCUT2D eigenvalue weighted by Gasteiger charge is -2.11. The lowest BCUT2D eigenvalue weighted by Crippen LogP contribution is -2.17. The van der Waals surface area contributed by atoms with Crippen LogP contribution in [0.2, 0.25) is 0 Å². The summed E-state index contributed by atoms with van der Waals surface area (Å²) in [6, 6.07) is 17.6. The lowest BCUT2D eigenvalue weighted by atomic mass is 10.0. The summed E-state index contributed by atoms with van der Waals surface area (Å²) in [5.41, 5.74) is 4.26. The van der Waals surface area contributed by atoms with E-state index in [0.29, 0.717) is 19.3 Å². The van der Waals surface area contributed by atoms with Gasteiger partial charge in [-0.1, -0.05) is 48.9 Å². The third kappa shape index (κ3) is 4.26. The molecule has 0 fully saturated rings. The molecule has 5 nitrogen and oxygen atoms in total. The molecule has 0 aliphatic carbocycles. The largest absolute Gasteiger partial charge is 0.456 e. The van der Waals surface area contributed by atoms with Crippen molar-refractivity contribution in [1.29, 1.82) is 0 Å². The van der Waals surface area contributed by atoms with E-state index in [0.717, 1.165) is 27.9 Å². The second-order valence-corrected chi connectivity index (χ2v) is 6.07. The van der Waals surface area contributed by atoms with E-state index in [1.54, 1.807) is 5.48 Å². The highest BCUT2D eigenvalue weighted by Crippen LogP contribution is 2.29. The number of furan rings is 1. The van der Waals surface area contributed by atoms with E-state index in [1.807, 2.05) is 54.6 Å². The first-order valence-electron chi connectivity index (χ1n) is 8.37. The summed E-state index contributed by atoms with van der Waals surface area (Å²) < 4.78 is 5.85. The molecule has 1 atom stereocenters. The van der Waals surface area contributed by atoms with Crippen LogP contribution < -0.4 is 5.48 Å². The second kappa shape index (κ2) is 7.96. The Morgan fingerprint density at radius 3 is 2.56 bits per heavy atom. The van der Waals surface area contributed by atoms with Gasteiger partial charge >= 0.3 is 0 Å². The molecule has 130 valence electrons. The normalized spacial score (nSPS) is 12.2. The molecular formula is C20H21NO4. The van der Waals surface area contributed by atoms with Crippen LogP contribution in [0.5, 0.6) is 0 Å². The first-order chi connectivity index (χ1) is 12.2. The molecule has 2 aromatic carbocycles. The molecule has 3 rings (SSSR count). The Balaban J connectivity index is 1.60. The van der Waals surface area contributed by atoms with E-state index < -0.39 is 12.0 Å². The van der Waals surface area contributed by atoms with E-state index >= 15 is 0 Å². The average molecular weight is 339 g/mol. The van der Waals surface area contributed by atoms with E-state index in [2.05, 4.69) is 0 Å². The summed E-state index contributed by atoms with van der Waals surface area (Å²) in [7, 11) is 0. The second-order valence-electron chi connectivity index (χ2n) is 6.07. The standard InChI is InChI=1S/C20H21NO4/c22-17(6-2-4-8-20(23)21-24)14-9-11-15(12-10-14)19-13-16-5-1-3-7-18(16)25-19/h1,3,5,7,9-13,17,22,24H,2,4,6,8H2,(H,21,23). The van der Waals surface area contributed by atoms with Crippen LogP contribution in [0.1, 0.15) is 37.4 Å². The Hall–Kier alpha value is -2.63. The van der Waals surface area contributed by atoms with Gasteiger partial charge in [0.15, 0.2) is 0 Å². The minimum absolute atomic E-state index is 0.258. The zero-order valence-electron chi connectivity index (χ0n) is 13.8. The van der Waals surface area contributed by atoms with Crippen LogP contribution in [0.3, 0.4) is 0 Å². The molecule has 0 radical (unpaired) electrons. The van der Waals surface area contributed by atoms with E-state index in [-0.39, 0.29) is 6.42 Å². The van der Waals surface area contributed by atoms with Crippen LogP contribution in [-0.4, -0.2) is 16.2 Å². The van der Waals surface area contributed by atoms with Crippen LogP contribution >= 0.6 is 0 Å². The number of para-hydroxylation sites is 1. The summed E-state index contributed by atoms with van der Waals surface area (Å²) in [4.78, 5) is 10.9. The molecule has 0 aliphatic rings. The molecule has 0 aliphatic heterocycles. The third-order valence-electron chi connectivity index (χ3n) is 4.26. The zero-order valence-corrected chi connectivity index (χ0v) is 13.8. The number of amides is 1. The fraction of sp³-hybridized carbons (Fsp3) is 0.250. The SMILES string of the molecule is O=C(CCCCC(O)c1ccc(-c2cc3ccccc3o2)cc1)NO. The predicted octanol–water partition coefficient (Wildman–Crippen LogP) is 4.20. The van der Waals surface area contributed by atoms with E-state index in [9.17, 15) is 9.90 Å². The first-order valence-corrected chi connectivity index (χ1v) is 8.37. The monoisotopic (exact) mass is 339 g/mol. The maximum atomic E-state index is 10.9. The van der Waals surface area contributed by atoms with Crippen LogP contribution in [0.15, 0.2) is 59.0 Å². The lowest BCUT2D eigenvalue weighted by molar-refractivity contribution is -0.129. The Morgan fingerprint density at radius 2 is 1.84 bits per heavy atom. The Bertz CT molecular complexity index is 805. The molecule has 3 aromatic rings. The summed E-state index contributed by atoms with van der Waals surface area (Å²) >= 11 is 0. The van der Waals surface area contributed by atoms with Crippen LogP contribution in [0.4, 0.5) is 0 Å². The summed E-state index contributed by atoms with van der Waals surface area (Å²) in [6.45, 7) is 0. The average Bonchev–Trinajstić information content (AvgIpc) is 3.09. The molecule has 0 spiro atoms. The highest BCUT2D eigenvalue weighted by molar-refractivity contribution is 5.82. The Kier molecular flexibility index (Phi) is 5.48. The van der Waals surface area contributed by atoms with Gasteiger partial charge in [0.1, 0.15) is 11.3 Å². The van der Waals surface area contributed by atoms with Gasteiger partial charge in [-0.2, -0.15) is 0 Å². The number of hydrogen-bond acceptors (Lipinski definition) is 4. The number of nitrogens with one attached hydrogen (secondary N) is 1. The highest BCUT2D eigenvalue weighted by Gasteiger charge is 2.10. The minimum atomic E-state index is -0.568. The van der Waals surface area contributed by atoms with E-state index in [1.165, 1.54) is 0 Å². The summed E-state index contributed by atoms with van der Waals surface area (Å²) in [6.07, 6.45) is 1.60.